The molecular weight excluding hydrogens is 252 g/mol. The second-order valence-electron chi connectivity index (χ2n) is 5.57. The van der Waals surface area contributed by atoms with Gasteiger partial charge >= 0.3 is 0 Å². The molecule has 0 bridgehead atoms. The molecule has 0 fully saturated rings. The van der Waals surface area contributed by atoms with E-state index in [2.05, 4.69) is 34.0 Å². The van der Waals surface area contributed by atoms with Gasteiger partial charge in [-0.2, -0.15) is 0 Å². The van der Waals surface area contributed by atoms with Crippen LogP contribution in [-0.2, 0) is 17.7 Å². The van der Waals surface area contributed by atoms with Gasteiger partial charge in [-0.3, -0.25) is 4.90 Å². The van der Waals surface area contributed by atoms with E-state index < -0.39 is 0 Å². The maximum atomic E-state index is 5.27. The van der Waals surface area contributed by atoms with Crippen molar-refractivity contribution in [3.63, 3.8) is 0 Å². The molecule has 2 heterocycles. The minimum Gasteiger partial charge on any atom is -0.383 e. The lowest BCUT2D eigenvalue weighted by Gasteiger charge is -2.35. The monoisotopic (exact) mass is 280 g/mol. The number of rotatable bonds is 8. The largest absolute Gasteiger partial charge is 0.383 e. The molecule has 1 aromatic heterocycles. The van der Waals surface area contributed by atoms with E-state index in [1.54, 1.807) is 13.4 Å². The Bertz CT molecular complexity index is 389. The van der Waals surface area contributed by atoms with Crippen LogP contribution in [0.4, 0.5) is 0 Å². The number of hydrogen-bond donors (Lipinski definition) is 2. The smallest absolute Gasteiger partial charge is 0.0925 e. The van der Waals surface area contributed by atoms with Crippen LogP contribution in [0, 0.1) is 0 Å². The molecule has 1 aromatic rings. The van der Waals surface area contributed by atoms with Crippen LogP contribution in [0.2, 0.25) is 0 Å². The van der Waals surface area contributed by atoms with E-state index in [1.165, 1.54) is 24.2 Å². The molecule has 0 amide bonds. The Morgan fingerprint density at radius 1 is 1.45 bits per heavy atom. The number of nitrogens with zero attached hydrogens (tertiary/aromatic N) is 2. The van der Waals surface area contributed by atoms with Crippen molar-refractivity contribution in [1.29, 1.82) is 0 Å². The molecule has 0 aliphatic carbocycles. The molecule has 0 saturated carbocycles. The molecule has 114 valence electrons. The minimum atomic E-state index is 0.489. The van der Waals surface area contributed by atoms with Gasteiger partial charge in [0.2, 0.25) is 0 Å². The molecule has 1 aliphatic rings. The Morgan fingerprint density at radius 2 is 2.25 bits per heavy atom. The zero-order valence-electron chi connectivity index (χ0n) is 13.0. The Labute approximate surface area is 122 Å². The summed E-state index contributed by atoms with van der Waals surface area (Å²) in [5.41, 5.74) is 2.47. The number of aromatic amines is 1. The van der Waals surface area contributed by atoms with Crippen LogP contribution in [0.25, 0.3) is 0 Å². The fraction of sp³-hybridized carbons (Fsp3) is 0.800. The number of ether oxygens (including phenoxy) is 1. The summed E-state index contributed by atoms with van der Waals surface area (Å²) in [4.78, 5) is 10.2. The lowest BCUT2D eigenvalue weighted by atomic mass is 10.0. The molecule has 0 radical (unpaired) electrons. The van der Waals surface area contributed by atoms with Crippen LogP contribution in [0.1, 0.15) is 38.1 Å². The first-order chi connectivity index (χ1) is 9.78. The Hall–Kier alpha value is -0.910. The first-order valence-electron chi connectivity index (χ1n) is 7.75. The molecule has 1 unspecified atom stereocenters. The highest BCUT2D eigenvalue weighted by molar-refractivity contribution is 5.16. The maximum absolute atomic E-state index is 5.27. The van der Waals surface area contributed by atoms with E-state index in [1.807, 2.05) is 0 Å². The summed E-state index contributed by atoms with van der Waals surface area (Å²) < 4.78 is 5.27. The van der Waals surface area contributed by atoms with E-state index in [4.69, 9.17) is 4.74 Å². The van der Waals surface area contributed by atoms with Crippen LogP contribution in [0.15, 0.2) is 6.33 Å². The third-order valence-electron chi connectivity index (χ3n) is 4.31. The first kappa shape index (κ1) is 15.5. The zero-order valence-corrected chi connectivity index (χ0v) is 13.0. The predicted molar refractivity (Wildman–Crippen MR) is 80.7 cm³/mol. The Kier molecular flexibility index (Phi) is 6.01. The van der Waals surface area contributed by atoms with Crippen LogP contribution in [0.5, 0.6) is 0 Å². The molecule has 0 spiro atoms. The van der Waals surface area contributed by atoms with Gasteiger partial charge in [0.05, 0.1) is 24.3 Å². The van der Waals surface area contributed by atoms with Crippen LogP contribution in [0.3, 0.4) is 0 Å². The topological polar surface area (TPSA) is 53.2 Å². The summed E-state index contributed by atoms with van der Waals surface area (Å²) in [6.07, 6.45) is 5.21. The number of fused-ring (bicyclic) bond motifs is 1. The molecular formula is C15H28N4O. The van der Waals surface area contributed by atoms with Crippen molar-refractivity contribution in [2.45, 2.75) is 51.7 Å². The second kappa shape index (κ2) is 7.76. The molecule has 1 atom stereocenters. The number of hydrogen-bond acceptors (Lipinski definition) is 4. The molecule has 2 rings (SSSR count). The SMILES string of the molecule is CCC(CC)N(CCOC)CC1Cc2nc[nH]c2CN1. The van der Waals surface area contributed by atoms with Crippen molar-refractivity contribution >= 4 is 0 Å². The molecule has 1 aliphatic heterocycles. The summed E-state index contributed by atoms with van der Waals surface area (Å²) in [5.74, 6) is 0. The highest BCUT2D eigenvalue weighted by Crippen LogP contribution is 2.15. The third-order valence-corrected chi connectivity index (χ3v) is 4.31. The van der Waals surface area contributed by atoms with Crippen LogP contribution >= 0.6 is 0 Å². The van der Waals surface area contributed by atoms with E-state index in [9.17, 15) is 0 Å². The van der Waals surface area contributed by atoms with Crippen LogP contribution in [-0.4, -0.2) is 53.8 Å². The zero-order chi connectivity index (χ0) is 14.4. The molecule has 2 N–H and O–H groups in total. The van der Waals surface area contributed by atoms with Gasteiger partial charge in [-0.25, -0.2) is 4.98 Å². The van der Waals surface area contributed by atoms with Gasteiger partial charge in [0.25, 0.3) is 0 Å². The summed E-state index contributed by atoms with van der Waals surface area (Å²) in [6.45, 7) is 8.33. The lowest BCUT2D eigenvalue weighted by molar-refractivity contribution is 0.105. The van der Waals surface area contributed by atoms with Gasteiger partial charge in [-0.15, -0.1) is 0 Å². The Morgan fingerprint density at radius 3 is 2.95 bits per heavy atom. The van der Waals surface area contributed by atoms with Gasteiger partial charge in [0.15, 0.2) is 0 Å². The normalized spacial score (nSPS) is 18.8. The fourth-order valence-electron chi connectivity index (χ4n) is 3.08. The average molecular weight is 280 g/mol. The molecule has 5 heteroatoms. The summed E-state index contributed by atoms with van der Waals surface area (Å²) in [5, 5.41) is 3.62. The van der Waals surface area contributed by atoms with Gasteiger partial charge in [-0.05, 0) is 12.8 Å². The number of methoxy groups -OCH3 is 1. The summed E-state index contributed by atoms with van der Waals surface area (Å²) in [6, 6.07) is 1.13. The minimum absolute atomic E-state index is 0.489. The predicted octanol–water partition coefficient (Wildman–Crippen LogP) is 1.56. The molecule has 20 heavy (non-hydrogen) atoms. The highest BCUT2D eigenvalue weighted by atomic mass is 16.5. The van der Waals surface area contributed by atoms with E-state index in [-0.39, 0.29) is 0 Å². The number of H-pyrrole nitrogens is 1. The average Bonchev–Trinajstić information content (AvgIpc) is 2.93. The first-order valence-corrected chi connectivity index (χ1v) is 7.75. The highest BCUT2D eigenvalue weighted by Gasteiger charge is 2.24. The Balaban J connectivity index is 1.93. The summed E-state index contributed by atoms with van der Waals surface area (Å²) >= 11 is 0. The number of imidazole rings is 1. The van der Waals surface area contributed by atoms with Crippen molar-refractivity contribution in [3.05, 3.63) is 17.7 Å². The van der Waals surface area contributed by atoms with Crippen molar-refractivity contribution in [3.8, 4) is 0 Å². The van der Waals surface area contributed by atoms with Crippen molar-refractivity contribution in [2.24, 2.45) is 0 Å². The quantitative estimate of drug-likeness (QED) is 0.759. The van der Waals surface area contributed by atoms with Gasteiger partial charge in [0.1, 0.15) is 0 Å². The maximum Gasteiger partial charge on any atom is 0.0925 e. The van der Waals surface area contributed by atoms with Gasteiger partial charge in [-0.1, -0.05) is 13.8 Å². The molecule has 5 nitrogen and oxygen atoms in total. The van der Waals surface area contributed by atoms with E-state index in [0.717, 1.165) is 32.7 Å². The molecule has 0 saturated heterocycles. The number of aromatic nitrogens is 2. The van der Waals surface area contributed by atoms with Gasteiger partial charge < -0.3 is 15.0 Å². The lowest BCUT2D eigenvalue weighted by Crippen LogP contribution is -2.48. The second-order valence-corrected chi connectivity index (χ2v) is 5.57. The molecule has 0 aromatic carbocycles. The summed E-state index contributed by atoms with van der Waals surface area (Å²) in [7, 11) is 1.78. The standard InChI is InChI=1S/C15H28N4O/c1-4-13(5-2)19(6-7-20-3)10-12-8-14-15(9-16-12)18-11-17-14/h11-13,16H,4-10H2,1-3H3,(H,17,18). The van der Waals surface area contributed by atoms with E-state index >= 15 is 0 Å². The fourth-order valence-corrected chi connectivity index (χ4v) is 3.08. The van der Waals surface area contributed by atoms with Gasteiger partial charge in [0, 0.05) is 45.2 Å². The van der Waals surface area contributed by atoms with Crippen molar-refractivity contribution in [2.75, 3.05) is 26.8 Å². The number of nitrogens with one attached hydrogen (secondary N) is 2. The van der Waals surface area contributed by atoms with Crippen LogP contribution < -0.4 is 5.32 Å². The van der Waals surface area contributed by atoms with Crippen molar-refractivity contribution < 1.29 is 4.74 Å². The third kappa shape index (κ3) is 3.81. The van der Waals surface area contributed by atoms with E-state index in [0.29, 0.717) is 12.1 Å². The van der Waals surface area contributed by atoms with Crippen molar-refractivity contribution in [1.82, 2.24) is 20.2 Å².